The highest BCUT2D eigenvalue weighted by molar-refractivity contribution is 5.31. The monoisotopic (exact) mass is 372 g/mol. The van der Waals surface area contributed by atoms with Crippen LogP contribution in [0.15, 0.2) is 85.3 Å². The molecule has 0 saturated carbocycles. The molecule has 0 bridgehead atoms. The fourth-order valence-corrected chi connectivity index (χ4v) is 2.73. The highest BCUT2D eigenvalue weighted by atomic mass is 15.3. The van der Waals surface area contributed by atoms with Crippen LogP contribution in [0.3, 0.4) is 0 Å². The first-order valence-corrected chi connectivity index (χ1v) is 9.75. The Morgan fingerprint density at radius 3 is 1.71 bits per heavy atom. The Kier molecular flexibility index (Phi) is 6.43. The Balaban J connectivity index is 0.000000161. The minimum atomic E-state index is 0.486. The van der Waals surface area contributed by atoms with Crippen molar-refractivity contribution in [3.8, 4) is 11.4 Å². The number of rotatable bonds is 4. The van der Waals surface area contributed by atoms with Crippen LogP contribution in [0.5, 0.6) is 0 Å². The molecule has 4 rings (SSSR count). The second-order valence-electron chi connectivity index (χ2n) is 7.38. The number of hydrogen-bond donors (Lipinski definition) is 0. The highest BCUT2D eigenvalue weighted by Crippen LogP contribution is 2.15. The standard InChI is InChI=1S/2C12H14N2/c1-10(2)11-8-13-14(9-11)12-6-4-3-5-7-12;1-10(2)12-8-9-14(13-12)11-6-4-3-5-7-11/h2*3-10H,1-2H3. The molecule has 4 heteroatoms. The van der Waals surface area contributed by atoms with Gasteiger partial charge in [0.25, 0.3) is 0 Å². The van der Waals surface area contributed by atoms with Gasteiger partial charge in [0.15, 0.2) is 0 Å². The molecule has 0 fully saturated rings. The van der Waals surface area contributed by atoms with E-state index >= 15 is 0 Å². The summed E-state index contributed by atoms with van der Waals surface area (Å²) in [6.45, 7) is 8.65. The van der Waals surface area contributed by atoms with Gasteiger partial charge >= 0.3 is 0 Å². The van der Waals surface area contributed by atoms with Crippen LogP contribution in [0.1, 0.15) is 50.8 Å². The molecule has 0 amide bonds. The van der Waals surface area contributed by atoms with Crippen molar-refractivity contribution in [1.29, 1.82) is 0 Å². The van der Waals surface area contributed by atoms with Gasteiger partial charge in [-0.3, -0.25) is 0 Å². The SMILES string of the molecule is CC(C)c1ccn(-c2ccccc2)n1.CC(C)c1cnn(-c2ccccc2)c1. The summed E-state index contributed by atoms with van der Waals surface area (Å²) in [6.07, 6.45) is 6.02. The van der Waals surface area contributed by atoms with Crippen molar-refractivity contribution in [3.05, 3.63) is 96.6 Å². The third-order valence-electron chi connectivity index (χ3n) is 4.51. The minimum absolute atomic E-state index is 0.486. The summed E-state index contributed by atoms with van der Waals surface area (Å²) in [5, 5.41) is 8.82. The first kappa shape index (κ1) is 19.6. The summed E-state index contributed by atoms with van der Waals surface area (Å²) in [4.78, 5) is 0. The Labute approximate surface area is 167 Å². The molecule has 144 valence electrons. The van der Waals surface area contributed by atoms with E-state index in [-0.39, 0.29) is 0 Å². The molecular weight excluding hydrogens is 344 g/mol. The fraction of sp³-hybridized carbons (Fsp3) is 0.250. The van der Waals surface area contributed by atoms with Crippen LogP contribution in [-0.2, 0) is 0 Å². The molecule has 0 N–H and O–H groups in total. The van der Waals surface area contributed by atoms with Gasteiger partial charge < -0.3 is 0 Å². The van der Waals surface area contributed by atoms with Crippen LogP contribution < -0.4 is 0 Å². The molecule has 2 aromatic heterocycles. The van der Waals surface area contributed by atoms with E-state index in [1.807, 2.05) is 58.2 Å². The molecule has 0 spiro atoms. The van der Waals surface area contributed by atoms with Crippen LogP contribution in [0, 0.1) is 0 Å². The van der Waals surface area contributed by atoms with E-state index in [1.54, 1.807) is 0 Å². The van der Waals surface area contributed by atoms with E-state index in [1.165, 1.54) is 5.56 Å². The summed E-state index contributed by atoms with van der Waals surface area (Å²) < 4.78 is 3.82. The van der Waals surface area contributed by atoms with E-state index in [9.17, 15) is 0 Å². The molecule has 2 heterocycles. The zero-order valence-electron chi connectivity index (χ0n) is 17.0. The molecule has 0 saturated heterocycles. The third-order valence-corrected chi connectivity index (χ3v) is 4.51. The molecule has 4 nitrogen and oxygen atoms in total. The fourth-order valence-electron chi connectivity index (χ4n) is 2.73. The van der Waals surface area contributed by atoms with Crippen LogP contribution >= 0.6 is 0 Å². The van der Waals surface area contributed by atoms with Crippen molar-refractivity contribution in [1.82, 2.24) is 19.6 Å². The maximum atomic E-state index is 4.50. The molecule has 0 atom stereocenters. The lowest BCUT2D eigenvalue weighted by atomic mass is 10.1. The van der Waals surface area contributed by atoms with E-state index in [4.69, 9.17) is 0 Å². The van der Waals surface area contributed by atoms with Gasteiger partial charge in [-0.25, -0.2) is 9.36 Å². The quantitative estimate of drug-likeness (QED) is 0.441. The van der Waals surface area contributed by atoms with Gasteiger partial charge in [-0.1, -0.05) is 64.1 Å². The van der Waals surface area contributed by atoms with Crippen molar-refractivity contribution in [3.63, 3.8) is 0 Å². The normalized spacial score (nSPS) is 10.8. The summed E-state index contributed by atoms with van der Waals surface area (Å²) in [7, 11) is 0. The Morgan fingerprint density at radius 2 is 1.25 bits per heavy atom. The van der Waals surface area contributed by atoms with Crippen LogP contribution in [0.4, 0.5) is 0 Å². The minimum Gasteiger partial charge on any atom is -0.241 e. The number of aromatic nitrogens is 4. The molecule has 4 aromatic rings. The van der Waals surface area contributed by atoms with Gasteiger partial charge in [-0.05, 0) is 47.7 Å². The summed E-state index contributed by atoms with van der Waals surface area (Å²) >= 11 is 0. The largest absolute Gasteiger partial charge is 0.241 e. The van der Waals surface area contributed by atoms with Crippen LogP contribution in [0.2, 0.25) is 0 Å². The molecule has 0 aliphatic heterocycles. The molecule has 0 unspecified atom stereocenters. The van der Waals surface area contributed by atoms with Crippen LogP contribution in [0.25, 0.3) is 11.4 Å². The average molecular weight is 373 g/mol. The summed E-state index contributed by atoms with van der Waals surface area (Å²) in [6, 6.07) is 22.4. The zero-order chi connectivity index (χ0) is 19.9. The lowest BCUT2D eigenvalue weighted by molar-refractivity contribution is 0.768. The van der Waals surface area contributed by atoms with E-state index < -0.39 is 0 Å². The second kappa shape index (κ2) is 9.18. The van der Waals surface area contributed by atoms with E-state index in [2.05, 4.69) is 74.4 Å². The van der Waals surface area contributed by atoms with Gasteiger partial charge in [0.2, 0.25) is 0 Å². The molecule has 0 radical (unpaired) electrons. The number of hydrogen-bond acceptors (Lipinski definition) is 2. The topological polar surface area (TPSA) is 35.6 Å². The lowest BCUT2D eigenvalue weighted by Gasteiger charge is -2.01. The molecule has 2 aromatic carbocycles. The predicted molar refractivity (Wildman–Crippen MR) is 115 cm³/mol. The molecule has 0 aliphatic rings. The Morgan fingerprint density at radius 1 is 0.679 bits per heavy atom. The van der Waals surface area contributed by atoms with Crippen molar-refractivity contribution >= 4 is 0 Å². The van der Waals surface area contributed by atoms with Crippen molar-refractivity contribution < 1.29 is 0 Å². The van der Waals surface area contributed by atoms with Crippen molar-refractivity contribution in [2.45, 2.75) is 39.5 Å². The maximum absolute atomic E-state index is 4.50. The lowest BCUT2D eigenvalue weighted by Crippen LogP contribution is -1.96. The molecule has 28 heavy (non-hydrogen) atoms. The van der Waals surface area contributed by atoms with Crippen molar-refractivity contribution in [2.24, 2.45) is 0 Å². The zero-order valence-corrected chi connectivity index (χ0v) is 17.0. The number of benzene rings is 2. The van der Waals surface area contributed by atoms with Crippen LogP contribution in [-0.4, -0.2) is 19.6 Å². The number of para-hydroxylation sites is 2. The first-order valence-electron chi connectivity index (χ1n) is 9.75. The van der Waals surface area contributed by atoms with E-state index in [0.717, 1.165) is 17.1 Å². The first-order chi connectivity index (χ1) is 13.5. The predicted octanol–water partition coefficient (Wildman–Crippen LogP) is 5.99. The van der Waals surface area contributed by atoms with E-state index in [0.29, 0.717) is 11.8 Å². The summed E-state index contributed by atoms with van der Waals surface area (Å²) in [5.74, 6) is 1.02. The maximum Gasteiger partial charge on any atom is 0.0654 e. The van der Waals surface area contributed by atoms with Gasteiger partial charge in [0.1, 0.15) is 0 Å². The van der Waals surface area contributed by atoms with Gasteiger partial charge in [0, 0.05) is 12.4 Å². The smallest absolute Gasteiger partial charge is 0.0654 e. The van der Waals surface area contributed by atoms with Gasteiger partial charge in [-0.2, -0.15) is 10.2 Å². The Bertz CT molecular complexity index is 884. The summed E-state index contributed by atoms with van der Waals surface area (Å²) in [5.41, 5.74) is 4.63. The third kappa shape index (κ3) is 4.97. The molecular formula is C24H28N4. The highest BCUT2D eigenvalue weighted by Gasteiger charge is 2.04. The average Bonchev–Trinajstić information content (AvgIpc) is 3.40. The number of nitrogens with zero attached hydrogens (tertiary/aromatic N) is 4. The second-order valence-corrected chi connectivity index (χ2v) is 7.38. The molecule has 0 aliphatic carbocycles. The van der Waals surface area contributed by atoms with Gasteiger partial charge in [-0.15, -0.1) is 0 Å². The van der Waals surface area contributed by atoms with Gasteiger partial charge in [0.05, 0.1) is 23.3 Å². The Hall–Kier alpha value is -3.14. The van der Waals surface area contributed by atoms with Crippen molar-refractivity contribution in [2.75, 3.05) is 0 Å².